The molecule has 0 fully saturated rings. The maximum Gasteiger partial charge on any atom is 0.293 e. The van der Waals surface area contributed by atoms with Crippen molar-refractivity contribution in [1.82, 2.24) is 15.1 Å². The van der Waals surface area contributed by atoms with Crippen molar-refractivity contribution >= 4 is 17.3 Å². The van der Waals surface area contributed by atoms with Gasteiger partial charge in [0.05, 0.1) is 17.2 Å². The number of benzene rings is 1. The summed E-state index contributed by atoms with van der Waals surface area (Å²) in [4.78, 5) is 22.2. The lowest BCUT2D eigenvalue weighted by Crippen LogP contribution is -2.18. The number of nitrogens with zero attached hydrogens (tertiary/aromatic N) is 3. The molecule has 1 heterocycles. The van der Waals surface area contributed by atoms with E-state index >= 15 is 0 Å². The van der Waals surface area contributed by atoms with E-state index in [-0.39, 0.29) is 17.2 Å². The van der Waals surface area contributed by atoms with Crippen LogP contribution in [0.1, 0.15) is 23.0 Å². The lowest BCUT2D eigenvalue weighted by atomic mass is 10.1. The first-order valence-corrected chi connectivity index (χ1v) is 6.82. The van der Waals surface area contributed by atoms with Crippen molar-refractivity contribution in [3.05, 3.63) is 51.8 Å². The Kier molecular flexibility index (Phi) is 4.72. The first kappa shape index (κ1) is 15.5. The Labute approximate surface area is 127 Å². The van der Waals surface area contributed by atoms with Gasteiger partial charge in [0.15, 0.2) is 0 Å². The monoisotopic (exact) mass is 303 g/mol. The van der Waals surface area contributed by atoms with Crippen LogP contribution in [0, 0.1) is 10.1 Å². The van der Waals surface area contributed by atoms with Crippen molar-refractivity contribution in [2.75, 3.05) is 12.4 Å². The van der Waals surface area contributed by atoms with Crippen LogP contribution < -0.4 is 10.6 Å². The molecule has 0 bridgehead atoms. The van der Waals surface area contributed by atoms with E-state index in [4.69, 9.17) is 0 Å². The molecule has 116 valence electrons. The van der Waals surface area contributed by atoms with Crippen LogP contribution in [0.2, 0.25) is 0 Å². The van der Waals surface area contributed by atoms with Crippen molar-refractivity contribution in [3.8, 4) is 0 Å². The van der Waals surface area contributed by atoms with Gasteiger partial charge in [-0.3, -0.25) is 19.6 Å². The number of hydrogen-bond donors (Lipinski definition) is 2. The smallest absolute Gasteiger partial charge is 0.293 e. The molecule has 8 heteroatoms. The minimum atomic E-state index is -0.514. The number of aromatic nitrogens is 2. The van der Waals surface area contributed by atoms with Crippen molar-refractivity contribution < 1.29 is 9.72 Å². The summed E-state index contributed by atoms with van der Waals surface area (Å²) in [6, 6.07) is 6.17. The van der Waals surface area contributed by atoms with Gasteiger partial charge < -0.3 is 10.6 Å². The number of carbonyl (C=O) groups excluding carboxylic acids is 1. The van der Waals surface area contributed by atoms with Crippen LogP contribution >= 0.6 is 0 Å². The number of hydrogen-bond acceptors (Lipinski definition) is 5. The zero-order chi connectivity index (χ0) is 16.1. The third kappa shape index (κ3) is 3.40. The number of nitro groups is 1. The van der Waals surface area contributed by atoms with Crippen LogP contribution in [0.5, 0.6) is 0 Å². The Morgan fingerprint density at radius 2 is 2.18 bits per heavy atom. The van der Waals surface area contributed by atoms with Gasteiger partial charge in [-0.15, -0.1) is 0 Å². The molecule has 0 aliphatic rings. The first-order chi connectivity index (χ1) is 10.5. The molecule has 1 aromatic heterocycles. The molecule has 0 saturated heterocycles. The SMILES string of the molecule is CCn1ccc(CNc2ccc(C(=O)NC)cc2[N+](=O)[O-])n1. The van der Waals surface area contributed by atoms with Gasteiger partial charge >= 0.3 is 0 Å². The van der Waals surface area contributed by atoms with Crippen molar-refractivity contribution in [3.63, 3.8) is 0 Å². The minimum absolute atomic E-state index is 0.143. The van der Waals surface area contributed by atoms with E-state index in [2.05, 4.69) is 15.7 Å². The fraction of sp³-hybridized carbons (Fsp3) is 0.286. The molecular weight excluding hydrogens is 286 g/mol. The summed E-state index contributed by atoms with van der Waals surface area (Å²) < 4.78 is 1.78. The minimum Gasteiger partial charge on any atom is -0.374 e. The third-order valence-electron chi connectivity index (χ3n) is 3.16. The lowest BCUT2D eigenvalue weighted by molar-refractivity contribution is -0.384. The number of nitro benzene ring substituents is 1. The Morgan fingerprint density at radius 1 is 1.41 bits per heavy atom. The topological polar surface area (TPSA) is 102 Å². The van der Waals surface area contributed by atoms with Crippen LogP contribution in [-0.2, 0) is 13.1 Å². The molecule has 0 aliphatic carbocycles. The molecule has 0 saturated carbocycles. The summed E-state index contributed by atoms with van der Waals surface area (Å²) in [5, 5.41) is 20.9. The predicted octanol–water partition coefficient (Wildman–Crippen LogP) is 1.78. The highest BCUT2D eigenvalue weighted by molar-refractivity contribution is 5.95. The highest BCUT2D eigenvalue weighted by Crippen LogP contribution is 2.26. The zero-order valence-corrected chi connectivity index (χ0v) is 12.4. The van der Waals surface area contributed by atoms with Crippen LogP contribution in [0.3, 0.4) is 0 Å². The maximum atomic E-state index is 11.5. The number of amides is 1. The first-order valence-electron chi connectivity index (χ1n) is 6.82. The van der Waals surface area contributed by atoms with Crippen LogP contribution in [0.25, 0.3) is 0 Å². The summed E-state index contributed by atoms with van der Waals surface area (Å²) in [5.74, 6) is -0.365. The van der Waals surface area contributed by atoms with Gasteiger partial charge in [0.25, 0.3) is 11.6 Å². The van der Waals surface area contributed by atoms with Crippen LogP contribution in [-0.4, -0.2) is 27.7 Å². The zero-order valence-electron chi connectivity index (χ0n) is 12.4. The molecule has 0 aliphatic heterocycles. The number of aryl methyl sites for hydroxylation is 1. The highest BCUT2D eigenvalue weighted by Gasteiger charge is 2.17. The summed E-state index contributed by atoms with van der Waals surface area (Å²) >= 11 is 0. The van der Waals surface area contributed by atoms with E-state index in [1.807, 2.05) is 19.2 Å². The molecule has 2 rings (SSSR count). The fourth-order valence-electron chi connectivity index (χ4n) is 1.98. The van der Waals surface area contributed by atoms with E-state index in [1.54, 1.807) is 10.7 Å². The number of rotatable bonds is 6. The van der Waals surface area contributed by atoms with Gasteiger partial charge in [0.2, 0.25) is 0 Å². The summed E-state index contributed by atoms with van der Waals surface area (Å²) in [6.07, 6.45) is 1.85. The second kappa shape index (κ2) is 6.70. The summed E-state index contributed by atoms with van der Waals surface area (Å²) in [7, 11) is 1.48. The fourth-order valence-corrected chi connectivity index (χ4v) is 1.98. The molecule has 1 aromatic carbocycles. The summed E-state index contributed by atoms with van der Waals surface area (Å²) in [6.45, 7) is 3.11. The molecule has 0 radical (unpaired) electrons. The molecule has 0 unspecified atom stereocenters. The summed E-state index contributed by atoms with van der Waals surface area (Å²) in [5.41, 5.74) is 1.24. The van der Waals surface area contributed by atoms with Gasteiger partial charge in [-0.1, -0.05) is 0 Å². The molecule has 1 amide bonds. The average molecular weight is 303 g/mol. The van der Waals surface area contributed by atoms with Gasteiger partial charge in [0.1, 0.15) is 5.69 Å². The third-order valence-corrected chi connectivity index (χ3v) is 3.16. The van der Waals surface area contributed by atoms with Crippen LogP contribution in [0.15, 0.2) is 30.5 Å². The van der Waals surface area contributed by atoms with Crippen molar-refractivity contribution in [2.24, 2.45) is 0 Å². The maximum absolute atomic E-state index is 11.5. The van der Waals surface area contributed by atoms with E-state index in [9.17, 15) is 14.9 Å². The highest BCUT2D eigenvalue weighted by atomic mass is 16.6. The molecule has 22 heavy (non-hydrogen) atoms. The van der Waals surface area contributed by atoms with Crippen molar-refractivity contribution in [1.29, 1.82) is 0 Å². The molecule has 0 atom stereocenters. The normalized spacial score (nSPS) is 10.3. The number of nitrogens with one attached hydrogen (secondary N) is 2. The number of anilines is 1. The standard InChI is InChI=1S/C14H17N5O3/c1-3-18-7-6-11(17-18)9-16-12-5-4-10(14(20)15-2)8-13(12)19(21)22/h4-8,16H,3,9H2,1-2H3,(H,15,20). The van der Waals surface area contributed by atoms with Crippen LogP contribution in [0.4, 0.5) is 11.4 Å². The van der Waals surface area contributed by atoms with E-state index in [0.717, 1.165) is 12.2 Å². The molecule has 8 nitrogen and oxygen atoms in total. The largest absolute Gasteiger partial charge is 0.374 e. The second-order valence-corrected chi connectivity index (χ2v) is 4.58. The molecule has 2 N–H and O–H groups in total. The molecule has 2 aromatic rings. The molecule has 0 spiro atoms. The molecular formula is C14H17N5O3. The van der Waals surface area contributed by atoms with Gasteiger partial charge in [-0.25, -0.2) is 0 Å². The van der Waals surface area contributed by atoms with Gasteiger partial charge in [-0.2, -0.15) is 5.10 Å². The Balaban J connectivity index is 2.19. The predicted molar refractivity (Wildman–Crippen MR) is 81.7 cm³/mol. The van der Waals surface area contributed by atoms with Gasteiger partial charge in [0, 0.05) is 31.4 Å². The quantitative estimate of drug-likeness (QED) is 0.625. The average Bonchev–Trinajstić information content (AvgIpc) is 3.00. The van der Waals surface area contributed by atoms with E-state index in [0.29, 0.717) is 12.2 Å². The Bertz CT molecular complexity index is 696. The Hall–Kier alpha value is -2.90. The van der Waals surface area contributed by atoms with Gasteiger partial charge in [-0.05, 0) is 25.1 Å². The second-order valence-electron chi connectivity index (χ2n) is 4.58. The lowest BCUT2D eigenvalue weighted by Gasteiger charge is -2.07. The Morgan fingerprint density at radius 3 is 2.77 bits per heavy atom. The van der Waals surface area contributed by atoms with Crippen molar-refractivity contribution in [2.45, 2.75) is 20.0 Å². The van der Waals surface area contributed by atoms with E-state index in [1.165, 1.54) is 19.2 Å². The number of carbonyl (C=O) groups is 1. The van der Waals surface area contributed by atoms with E-state index < -0.39 is 4.92 Å².